The van der Waals surface area contributed by atoms with Gasteiger partial charge in [0.2, 0.25) is 0 Å². The maximum atomic E-state index is 12.2. The molecule has 0 aliphatic carbocycles. The van der Waals surface area contributed by atoms with Gasteiger partial charge in [0.25, 0.3) is 0 Å². The van der Waals surface area contributed by atoms with Crippen molar-refractivity contribution in [3.05, 3.63) is 87.4 Å². The highest BCUT2D eigenvalue weighted by Crippen LogP contribution is 2.30. The second-order valence-electron chi connectivity index (χ2n) is 6.28. The van der Waals surface area contributed by atoms with Crippen molar-refractivity contribution >= 4 is 45.1 Å². The van der Waals surface area contributed by atoms with Crippen molar-refractivity contribution in [3.8, 4) is 23.3 Å². The molecule has 7 heteroatoms. The number of methoxy groups -OCH3 is 1. The van der Waals surface area contributed by atoms with Gasteiger partial charge in [0.05, 0.1) is 23.2 Å². The van der Waals surface area contributed by atoms with Crippen LogP contribution in [-0.2, 0) is 4.79 Å². The van der Waals surface area contributed by atoms with Gasteiger partial charge < -0.3 is 14.2 Å². The molecule has 0 amide bonds. The van der Waals surface area contributed by atoms with E-state index in [0.717, 1.165) is 10.0 Å². The van der Waals surface area contributed by atoms with Crippen molar-refractivity contribution in [2.24, 2.45) is 0 Å². The Morgan fingerprint density at radius 1 is 1.06 bits per heavy atom. The first-order valence-electron chi connectivity index (χ1n) is 9.14. The van der Waals surface area contributed by atoms with Crippen molar-refractivity contribution in [2.75, 3.05) is 13.7 Å². The Kier molecular flexibility index (Phi) is 7.71. The second kappa shape index (κ2) is 10.7. The third-order valence-electron chi connectivity index (χ3n) is 4.18. The normalized spacial score (nSPS) is 10.8. The Labute approximate surface area is 193 Å². The van der Waals surface area contributed by atoms with E-state index in [1.807, 2.05) is 12.1 Å². The number of carbonyl (C=O) groups excluding carboxylic acids is 1. The van der Waals surface area contributed by atoms with Gasteiger partial charge in [-0.2, -0.15) is 5.26 Å². The number of ether oxygens (including phenoxy) is 3. The lowest BCUT2D eigenvalue weighted by Gasteiger charge is -2.11. The number of benzene rings is 3. The topological polar surface area (TPSA) is 68.5 Å². The van der Waals surface area contributed by atoms with E-state index < -0.39 is 5.97 Å². The van der Waals surface area contributed by atoms with Crippen LogP contribution in [0.5, 0.6) is 17.2 Å². The van der Waals surface area contributed by atoms with Gasteiger partial charge in [-0.1, -0.05) is 41.9 Å². The number of allylic oxidation sites excluding steroid dienone is 1. The molecule has 5 nitrogen and oxygen atoms in total. The van der Waals surface area contributed by atoms with Crippen LogP contribution in [0, 0.1) is 11.3 Å². The van der Waals surface area contributed by atoms with E-state index in [1.165, 1.54) is 7.11 Å². The fourth-order valence-electron chi connectivity index (χ4n) is 2.69. The van der Waals surface area contributed by atoms with E-state index in [4.69, 9.17) is 25.8 Å². The number of nitriles is 1. The third kappa shape index (κ3) is 6.11. The van der Waals surface area contributed by atoms with Crippen LogP contribution in [0.1, 0.15) is 11.1 Å². The molecular weight excluding hydrogens is 482 g/mol. The molecule has 3 rings (SSSR count). The van der Waals surface area contributed by atoms with Gasteiger partial charge in [0, 0.05) is 5.02 Å². The smallest absolute Gasteiger partial charge is 0.349 e. The average molecular weight is 499 g/mol. The quantitative estimate of drug-likeness (QED) is 0.169. The maximum Gasteiger partial charge on any atom is 0.349 e. The summed E-state index contributed by atoms with van der Waals surface area (Å²) in [5, 5.41) is 10.1. The minimum absolute atomic E-state index is 0.255. The van der Waals surface area contributed by atoms with Gasteiger partial charge >= 0.3 is 5.97 Å². The Balaban J connectivity index is 1.73. The molecule has 0 N–H and O–H groups in total. The molecule has 0 radical (unpaired) electrons. The standard InChI is InChI=1S/C24H17BrClNO4/c1-29-23-13-16(12-18(14-27)17-7-9-19(26)10-8-17)6-11-22(23)31-24(28)15-30-21-5-3-2-4-20(21)25/h2-13H,15H2,1H3/b18-12+. The van der Waals surface area contributed by atoms with E-state index in [-0.39, 0.29) is 12.4 Å². The fraction of sp³-hybridized carbons (Fsp3) is 0.0833. The molecule has 156 valence electrons. The highest BCUT2D eigenvalue weighted by Gasteiger charge is 2.13. The van der Waals surface area contributed by atoms with Crippen LogP contribution in [-0.4, -0.2) is 19.7 Å². The molecule has 3 aromatic rings. The monoisotopic (exact) mass is 497 g/mol. The van der Waals surface area contributed by atoms with Crippen LogP contribution in [0.2, 0.25) is 5.02 Å². The fourth-order valence-corrected chi connectivity index (χ4v) is 3.21. The molecule has 0 atom stereocenters. The SMILES string of the molecule is COc1cc(/C=C(\C#N)c2ccc(Cl)cc2)ccc1OC(=O)COc1ccccc1Br. The predicted octanol–water partition coefficient (Wildman–Crippen LogP) is 6.16. The van der Waals surface area contributed by atoms with E-state index in [9.17, 15) is 10.1 Å². The largest absolute Gasteiger partial charge is 0.493 e. The summed E-state index contributed by atoms with van der Waals surface area (Å²) in [5.74, 6) is 0.580. The Hall–Kier alpha value is -3.27. The summed E-state index contributed by atoms with van der Waals surface area (Å²) < 4.78 is 16.9. The molecule has 0 saturated carbocycles. The summed E-state index contributed by atoms with van der Waals surface area (Å²) in [7, 11) is 1.47. The van der Waals surface area contributed by atoms with Gasteiger partial charge in [-0.05, 0) is 69.5 Å². The first-order chi connectivity index (χ1) is 15.0. The van der Waals surface area contributed by atoms with E-state index in [2.05, 4.69) is 22.0 Å². The molecule has 0 aliphatic rings. The summed E-state index contributed by atoms with van der Waals surface area (Å²) in [6.45, 7) is -0.261. The first kappa shape index (κ1) is 22.4. The number of nitrogens with zero attached hydrogens (tertiary/aromatic N) is 1. The van der Waals surface area contributed by atoms with Crippen molar-refractivity contribution < 1.29 is 19.0 Å². The Morgan fingerprint density at radius 2 is 1.81 bits per heavy atom. The highest BCUT2D eigenvalue weighted by atomic mass is 79.9. The molecule has 0 aromatic heterocycles. The highest BCUT2D eigenvalue weighted by molar-refractivity contribution is 9.10. The molecule has 0 saturated heterocycles. The summed E-state index contributed by atoms with van der Waals surface area (Å²) in [6, 6.07) is 21.4. The summed E-state index contributed by atoms with van der Waals surface area (Å²) in [4.78, 5) is 12.2. The van der Waals surface area contributed by atoms with E-state index >= 15 is 0 Å². The van der Waals surface area contributed by atoms with Crippen LogP contribution in [0.3, 0.4) is 0 Å². The van der Waals surface area contributed by atoms with Gasteiger partial charge in [0.1, 0.15) is 5.75 Å². The van der Waals surface area contributed by atoms with Crippen molar-refractivity contribution in [1.82, 2.24) is 0 Å². The zero-order valence-electron chi connectivity index (χ0n) is 16.5. The number of hydrogen-bond acceptors (Lipinski definition) is 5. The molecule has 3 aromatic carbocycles. The van der Waals surface area contributed by atoms with Crippen LogP contribution < -0.4 is 14.2 Å². The molecule has 31 heavy (non-hydrogen) atoms. The minimum atomic E-state index is -0.573. The molecule has 0 bridgehead atoms. The first-order valence-corrected chi connectivity index (χ1v) is 10.3. The second-order valence-corrected chi connectivity index (χ2v) is 7.57. The number of rotatable bonds is 7. The number of esters is 1. The summed E-state index contributed by atoms with van der Waals surface area (Å²) >= 11 is 9.27. The molecule has 0 unspecified atom stereocenters. The van der Waals surface area contributed by atoms with Gasteiger partial charge in [0.15, 0.2) is 18.1 Å². The van der Waals surface area contributed by atoms with Gasteiger partial charge in [-0.3, -0.25) is 0 Å². The van der Waals surface area contributed by atoms with Crippen LogP contribution in [0.4, 0.5) is 0 Å². The number of halogens is 2. The maximum absolute atomic E-state index is 12.2. The summed E-state index contributed by atoms with van der Waals surface area (Å²) in [6.07, 6.45) is 1.72. The average Bonchev–Trinajstić information content (AvgIpc) is 2.78. The predicted molar refractivity (Wildman–Crippen MR) is 123 cm³/mol. The van der Waals surface area contributed by atoms with E-state index in [0.29, 0.717) is 27.7 Å². The van der Waals surface area contributed by atoms with Crippen LogP contribution >= 0.6 is 27.5 Å². The molecule has 0 heterocycles. The molecule has 0 fully saturated rings. The van der Waals surface area contributed by atoms with E-state index in [1.54, 1.807) is 60.7 Å². The Morgan fingerprint density at radius 3 is 2.48 bits per heavy atom. The zero-order valence-corrected chi connectivity index (χ0v) is 18.8. The van der Waals surface area contributed by atoms with Crippen molar-refractivity contribution in [2.45, 2.75) is 0 Å². The number of para-hydroxylation sites is 1. The zero-order chi connectivity index (χ0) is 22.2. The van der Waals surface area contributed by atoms with Crippen molar-refractivity contribution in [3.63, 3.8) is 0 Å². The molecule has 0 aliphatic heterocycles. The van der Waals surface area contributed by atoms with Crippen molar-refractivity contribution in [1.29, 1.82) is 5.26 Å². The number of carbonyl (C=O) groups is 1. The summed E-state index contributed by atoms with van der Waals surface area (Å²) in [5.41, 5.74) is 1.92. The lowest BCUT2D eigenvalue weighted by atomic mass is 10.0. The molecular formula is C24H17BrClNO4. The Bertz CT molecular complexity index is 1150. The van der Waals surface area contributed by atoms with Crippen LogP contribution in [0.25, 0.3) is 11.6 Å². The molecule has 0 spiro atoms. The minimum Gasteiger partial charge on any atom is -0.493 e. The third-order valence-corrected chi connectivity index (χ3v) is 5.09. The van der Waals surface area contributed by atoms with Crippen LogP contribution in [0.15, 0.2) is 71.2 Å². The lowest BCUT2D eigenvalue weighted by Crippen LogP contribution is -2.18. The lowest BCUT2D eigenvalue weighted by molar-refractivity contribution is -0.136. The number of hydrogen-bond donors (Lipinski definition) is 0. The van der Waals surface area contributed by atoms with Gasteiger partial charge in [-0.25, -0.2) is 4.79 Å². The van der Waals surface area contributed by atoms with Gasteiger partial charge in [-0.15, -0.1) is 0 Å².